The van der Waals surface area contributed by atoms with E-state index in [4.69, 9.17) is 21.1 Å². The molecule has 0 aliphatic heterocycles. The molecule has 0 aromatic heterocycles. The molecule has 2 rings (SSSR count). The Morgan fingerprint density at radius 1 is 1.18 bits per heavy atom. The van der Waals surface area contributed by atoms with E-state index in [-0.39, 0.29) is 6.61 Å². The molecule has 3 nitrogen and oxygen atoms in total. The zero-order valence-electron chi connectivity index (χ0n) is 12.3. The number of esters is 1. The lowest BCUT2D eigenvalue weighted by Crippen LogP contribution is -2.17. The van der Waals surface area contributed by atoms with Gasteiger partial charge in [-0.05, 0) is 41.8 Å². The zero-order chi connectivity index (χ0) is 16.1. The Bertz CT molecular complexity index is 653. The van der Waals surface area contributed by atoms with Crippen LogP contribution >= 0.6 is 27.5 Å². The lowest BCUT2D eigenvalue weighted by atomic mass is 10.0. The molecular formula is C17H16BrClO3. The van der Waals surface area contributed by atoms with Crippen LogP contribution in [0.2, 0.25) is 5.02 Å². The van der Waals surface area contributed by atoms with Gasteiger partial charge in [0.15, 0.2) is 6.61 Å². The van der Waals surface area contributed by atoms with E-state index in [0.717, 1.165) is 4.47 Å². The van der Waals surface area contributed by atoms with Gasteiger partial charge in [-0.25, -0.2) is 4.79 Å². The van der Waals surface area contributed by atoms with Crippen molar-refractivity contribution in [2.24, 2.45) is 0 Å². The van der Waals surface area contributed by atoms with Gasteiger partial charge in [-0.2, -0.15) is 0 Å². The van der Waals surface area contributed by atoms with Crippen LogP contribution in [0.4, 0.5) is 0 Å². The molecule has 0 saturated heterocycles. The number of carbonyl (C=O) groups is 1. The van der Waals surface area contributed by atoms with Crippen LogP contribution in [-0.2, 0) is 4.79 Å². The maximum absolute atomic E-state index is 11.8. The van der Waals surface area contributed by atoms with Crippen LogP contribution in [0.3, 0.4) is 0 Å². The molecule has 2 aromatic carbocycles. The smallest absolute Gasteiger partial charge is 0.349 e. The summed E-state index contributed by atoms with van der Waals surface area (Å²) in [5, 5.41) is 0.434. The minimum Gasteiger partial charge on any atom is -0.480 e. The van der Waals surface area contributed by atoms with Gasteiger partial charge in [0.2, 0.25) is 0 Å². The van der Waals surface area contributed by atoms with Crippen molar-refractivity contribution < 1.29 is 14.3 Å². The van der Waals surface area contributed by atoms with Crippen LogP contribution in [0.1, 0.15) is 25.3 Å². The maximum Gasteiger partial charge on any atom is 0.349 e. The molecule has 0 unspecified atom stereocenters. The van der Waals surface area contributed by atoms with Crippen molar-refractivity contribution in [3.8, 4) is 11.5 Å². The first-order valence-electron chi connectivity index (χ1n) is 6.84. The minimum atomic E-state index is -0.476. The van der Waals surface area contributed by atoms with E-state index in [1.165, 1.54) is 5.56 Å². The van der Waals surface area contributed by atoms with E-state index in [9.17, 15) is 4.79 Å². The summed E-state index contributed by atoms with van der Waals surface area (Å²) in [6.45, 7) is 4.01. The van der Waals surface area contributed by atoms with E-state index in [1.54, 1.807) is 30.3 Å². The van der Waals surface area contributed by atoms with E-state index in [1.807, 2.05) is 12.1 Å². The fourth-order valence-electron chi connectivity index (χ4n) is 1.81. The molecule has 0 aliphatic carbocycles. The van der Waals surface area contributed by atoms with Crippen molar-refractivity contribution >= 4 is 33.5 Å². The summed E-state index contributed by atoms with van der Waals surface area (Å²) in [6.07, 6.45) is 0. The zero-order valence-corrected chi connectivity index (χ0v) is 14.6. The molecule has 0 spiro atoms. The SMILES string of the molecule is CC(C)c1ccc(OC(=O)COc2ccc(Br)cc2Cl)cc1. The predicted octanol–water partition coefficient (Wildman–Crippen LogP) is 5.21. The van der Waals surface area contributed by atoms with Gasteiger partial charge in [0.25, 0.3) is 0 Å². The molecule has 22 heavy (non-hydrogen) atoms. The van der Waals surface area contributed by atoms with E-state index >= 15 is 0 Å². The average Bonchev–Trinajstić information content (AvgIpc) is 2.47. The van der Waals surface area contributed by atoms with Gasteiger partial charge in [0.05, 0.1) is 5.02 Å². The van der Waals surface area contributed by atoms with E-state index in [2.05, 4.69) is 29.8 Å². The second-order valence-electron chi connectivity index (χ2n) is 5.06. The molecule has 116 valence electrons. The summed E-state index contributed by atoms with van der Waals surface area (Å²) in [5.74, 6) is 0.904. The topological polar surface area (TPSA) is 35.5 Å². The number of hydrogen-bond acceptors (Lipinski definition) is 3. The Morgan fingerprint density at radius 3 is 2.45 bits per heavy atom. The molecule has 0 bridgehead atoms. The van der Waals surface area contributed by atoms with Crippen LogP contribution in [0.5, 0.6) is 11.5 Å². The normalized spacial score (nSPS) is 10.6. The highest BCUT2D eigenvalue weighted by Gasteiger charge is 2.09. The molecule has 0 saturated carbocycles. The van der Waals surface area contributed by atoms with Crippen molar-refractivity contribution in [3.05, 3.63) is 57.5 Å². The summed E-state index contributed by atoms with van der Waals surface area (Å²) in [6, 6.07) is 12.6. The summed E-state index contributed by atoms with van der Waals surface area (Å²) in [4.78, 5) is 11.8. The Morgan fingerprint density at radius 2 is 1.86 bits per heavy atom. The van der Waals surface area contributed by atoms with Crippen LogP contribution in [0.25, 0.3) is 0 Å². The van der Waals surface area contributed by atoms with Crippen molar-refractivity contribution in [3.63, 3.8) is 0 Å². The third kappa shape index (κ3) is 4.75. The van der Waals surface area contributed by atoms with Crippen LogP contribution in [-0.4, -0.2) is 12.6 Å². The number of carbonyl (C=O) groups excluding carboxylic acids is 1. The lowest BCUT2D eigenvalue weighted by molar-refractivity contribution is -0.136. The Hall–Kier alpha value is -1.52. The van der Waals surface area contributed by atoms with Gasteiger partial charge in [-0.15, -0.1) is 0 Å². The number of halogens is 2. The number of hydrogen-bond donors (Lipinski definition) is 0. The third-order valence-corrected chi connectivity index (χ3v) is 3.81. The summed E-state index contributed by atoms with van der Waals surface area (Å²) < 4.78 is 11.4. The van der Waals surface area contributed by atoms with Crippen molar-refractivity contribution in [2.75, 3.05) is 6.61 Å². The predicted molar refractivity (Wildman–Crippen MR) is 90.8 cm³/mol. The maximum atomic E-state index is 11.8. The number of benzene rings is 2. The van der Waals surface area contributed by atoms with Gasteiger partial charge in [-0.1, -0.05) is 53.5 Å². The molecule has 0 fully saturated rings. The standard InChI is InChI=1S/C17H16BrClO3/c1-11(2)12-3-6-14(7-4-12)22-17(20)10-21-16-8-5-13(18)9-15(16)19/h3-9,11H,10H2,1-2H3. The molecule has 0 amide bonds. The van der Waals surface area contributed by atoms with Crippen LogP contribution in [0, 0.1) is 0 Å². The summed E-state index contributed by atoms with van der Waals surface area (Å²) in [7, 11) is 0. The van der Waals surface area contributed by atoms with E-state index in [0.29, 0.717) is 22.4 Å². The van der Waals surface area contributed by atoms with Gasteiger partial charge in [0, 0.05) is 4.47 Å². The molecule has 0 N–H and O–H groups in total. The minimum absolute atomic E-state index is 0.201. The van der Waals surface area contributed by atoms with Crippen molar-refractivity contribution in [1.82, 2.24) is 0 Å². The third-order valence-electron chi connectivity index (χ3n) is 3.02. The van der Waals surface area contributed by atoms with Crippen molar-refractivity contribution in [2.45, 2.75) is 19.8 Å². The summed E-state index contributed by atoms with van der Waals surface area (Å²) >= 11 is 9.32. The fourth-order valence-corrected chi connectivity index (χ4v) is 2.54. The second-order valence-corrected chi connectivity index (χ2v) is 6.38. The Labute approximate surface area is 143 Å². The van der Waals surface area contributed by atoms with Crippen LogP contribution < -0.4 is 9.47 Å². The first-order chi connectivity index (χ1) is 10.5. The van der Waals surface area contributed by atoms with Gasteiger partial charge in [-0.3, -0.25) is 0 Å². The van der Waals surface area contributed by atoms with Crippen LogP contribution in [0.15, 0.2) is 46.9 Å². The Kier molecular flexibility index (Phi) is 5.86. The van der Waals surface area contributed by atoms with Gasteiger partial charge < -0.3 is 9.47 Å². The van der Waals surface area contributed by atoms with Gasteiger partial charge >= 0.3 is 5.97 Å². The molecule has 2 aromatic rings. The average molecular weight is 384 g/mol. The number of ether oxygens (including phenoxy) is 2. The van der Waals surface area contributed by atoms with E-state index < -0.39 is 5.97 Å². The quantitative estimate of drug-likeness (QED) is 0.525. The monoisotopic (exact) mass is 382 g/mol. The highest BCUT2D eigenvalue weighted by Crippen LogP contribution is 2.27. The molecular weight excluding hydrogens is 368 g/mol. The molecule has 0 radical (unpaired) electrons. The largest absolute Gasteiger partial charge is 0.480 e. The highest BCUT2D eigenvalue weighted by molar-refractivity contribution is 9.10. The Balaban J connectivity index is 1.90. The highest BCUT2D eigenvalue weighted by atomic mass is 79.9. The molecule has 0 atom stereocenters. The first-order valence-corrected chi connectivity index (χ1v) is 8.01. The van der Waals surface area contributed by atoms with Gasteiger partial charge in [0.1, 0.15) is 11.5 Å². The summed E-state index contributed by atoms with van der Waals surface area (Å²) in [5.41, 5.74) is 1.19. The fraction of sp³-hybridized carbons (Fsp3) is 0.235. The first kappa shape index (κ1) is 16.8. The van der Waals surface area contributed by atoms with Crippen molar-refractivity contribution in [1.29, 1.82) is 0 Å². The molecule has 0 aliphatic rings. The lowest BCUT2D eigenvalue weighted by Gasteiger charge is -2.09. The molecule has 0 heterocycles. The second kappa shape index (κ2) is 7.65. The molecule has 5 heteroatoms. The number of rotatable bonds is 5.